The van der Waals surface area contributed by atoms with Crippen molar-refractivity contribution in [1.82, 2.24) is 9.97 Å². The first-order valence-electron chi connectivity index (χ1n) is 6.49. The maximum atomic E-state index is 5.59. The Balaban J connectivity index is 2.11. The minimum absolute atomic E-state index is 0.606. The van der Waals surface area contributed by atoms with Crippen molar-refractivity contribution in [2.75, 3.05) is 18.0 Å². The highest BCUT2D eigenvalue weighted by Gasteiger charge is 2.25. The average molecular weight is 234 g/mol. The zero-order chi connectivity index (χ0) is 12.3. The van der Waals surface area contributed by atoms with Gasteiger partial charge in [-0.1, -0.05) is 0 Å². The monoisotopic (exact) mass is 234 g/mol. The maximum Gasteiger partial charge on any atom is 0.147 e. The van der Waals surface area contributed by atoms with Gasteiger partial charge in [0.25, 0.3) is 0 Å². The van der Waals surface area contributed by atoms with E-state index < -0.39 is 0 Å². The van der Waals surface area contributed by atoms with E-state index in [-0.39, 0.29) is 0 Å². The summed E-state index contributed by atoms with van der Waals surface area (Å²) in [7, 11) is 0. The van der Waals surface area contributed by atoms with Crippen LogP contribution in [0.15, 0.2) is 6.20 Å². The van der Waals surface area contributed by atoms with Gasteiger partial charge in [0.1, 0.15) is 5.82 Å². The predicted octanol–water partition coefficient (Wildman–Crippen LogP) is 1.80. The fourth-order valence-corrected chi connectivity index (χ4v) is 2.46. The smallest absolute Gasteiger partial charge is 0.147 e. The van der Waals surface area contributed by atoms with Gasteiger partial charge in [0.15, 0.2) is 0 Å². The van der Waals surface area contributed by atoms with E-state index in [1.54, 1.807) is 0 Å². The highest BCUT2D eigenvalue weighted by molar-refractivity contribution is 5.40. The van der Waals surface area contributed by atoms with Crippen LogP contribution in [0.5, 0.6) is 0 Å². The van der Waals surface area contributed by atoms with Gasteiger partial charge in [0.05, 0.1) is 17.6 Å². The van der Waals surface area contributed by atoms with Crippen molar-refractivity contribution in [3.05, 3.63) is 17.6 Å². The van der Waals surface area contributed by atoms with Crippen LogP contribution >= 0.6 is 0 Å². The second-order valence-corrected chi connectivity index (χ2v) is 4.82. The molecule has 0 radical (unpaired) electrons. The van der Waals surface area contributed by atoms with E-state index in [2.05, 4.69) is 14.9 Å². The molecular formula is C13H22N4. The van der Waals surface area contributed by atoms with Crippen molar-refractivity contribution in [2.24, 2.45) is 5.73 Å². The molecule has 1 atom stereocenters. The molecule has 0 saturated carbocycles. The summed E-state index contributed by atoms with van der Waals surface area (Å²) < 4.78 is 0. The molecule has 2 rings (SSSR count). The number of aryl methyl sites for hydroxylation is 2. The van der Waals surface area contributed by atoms with Gasteiger partial charge < -0.3 is 10.6 Å². The molecule has 0 spiro atoms. The Hall–Kier alpha value is -1.16. The molecule has 2 heterocycles. The molecule has 2 N–H and O–H groups in total. The third-order valence-corrected chi connectivity index (χ3v) is 3.59. The van der Waals surface area contributed by atoms with Crippen molar-refractivity contribution in [1.29, 1.82) is 0 Å². The Morgan fingerprint density at radius 2 is 2.24 bits per heavy atom. The molecule has 1 fully saturated rings. The molecule has 4 heteroatoms. The van der Waals surface area contributed by atoms with Crippen LogP contribution in [0, 0.1) is 13.8 Å². The Morgan fingerprint density at radius 3 is 2.94 bits per heavy atom. The van der Waals surface area contributed by atoms with Crippen LogP contribution in [0.3, 0.4) is 0 Å². The Kier molecular flexibility index (Phi) is 3.94. The number of hydrogen-bond acceptors (Lipinski definition) is 4. The first-order chi connectivity index (χ1) is 8.22. The fraction of sp³-hybridized carbons (Fsp3) is 0.692. The molecule has 94 valence electrons. The standard InChI is InChI=1S/C13H22N4/c1-10-11(2)16-13(9-15-10)17-8-4-6-12(17)5-3-7-14/h9,12H,3-8,14H2,1-2H3. The molecule has 1 aliphatic heterocycles. The van der Waals surface area contributed by atoms with Gasteiger partial charge in [0, 0.05) is 12.6 Å². The largest absolute Gasteiger partial charge is 0.352 e. The third kappa shape index (κ3) is 2.75. The number of aromatic nitrogens is 2. The van der Waals surface area contributed by atoms with Gasteiger partial charge in [-0.3, -0.25) is 4.98 Å². The summed E-state index contributed by atoms with van der Waals surface area (Å²) in [5.74, 6) is 1.03. The van der Waals surface area contributed by atoms with Crippen LogP contribution in [-0.4, -0.2) is 29.1 Å². The molecule has 1 aromatic rings. The molecule has 1 unspecified atom stereocenters. The summed E-state index contributed by atoms with van der Waals surface area (Å²) in [5.41, 5.74) is 7.64. The molecule has 0 aliphatic carbocycles. The van der Waals surface area contributed by atoms with Crippen molar-refractivity contribution in [3.8, 4) is 0 Å². The number of nitrogens with zero attached hydrogens (tertiary/aromatic N) is 3. The van der Waals surface area contributed by atoms with Crippen LogP contribution in [0.2, 0.25) is 0 Å². The number of nitrogens with two attached hydrogens (primary N) is 1. The van der Waals surface area contributed by atoms with Gasteiger partial charge in [-0.05, 0) is 46.1 Å². The topological polar surface area (TPSA) is 55.0 Å². The van der Waals surface area contributed by atoms with Crippen molar-refractivity contribution in [2.45, 2.75) is 45.6 Å². The summed E-state index contributed by atoms with van der Waals surface area (Å²) >= 11 is 0. The predicted molar refractivity (Wildman–Crippen MR) is 70.2 cm³/mol. The minimum atomic E-state index is 0.606. The molecule has 1 saturated heterocycles. The summed E-state index contributed by atoms with van der Waals surface area (Å²) in [5, 5.41) is 0. The highest BCUT2D eigenvalue weighted by Crippen LogP contribution is 2.26. The lowest BCUT2D eigenvalue weighted by Crippen LogP contribution is -2.30. The Bertz CT molecular complexity index is 378. The van der Waals surface area contributed by atoms with Gasteiger partial charge >= 0.3 is 0 Å². The highest BCUT2D eigenvalue weighted by atomic mass is 15.2. The summed E-state index contributed by atoms with van der Waals surface area (Å²) in [6.07, 6.45) is 6.69. The number of anilines is 1. The van der Waals surface area contributed by atoms with E-state index in [1.165, 1.54) is 19.3 Å². The lowest BCUT2D eigenvalue weighted by Gasteiger charge is -2.25. The van der Waals surface area contributed by atoms with Gasteiger partial charge in [-0.25, -0.2) is 4.98 Å². The molecule has 0 bridgehead atoms. The quantitative estimate of drug-likeness (QED) is 0.863. The van der Waals surface area contributed by atoms with Crippen LogP contribution in [0.4, 0.5) is 5.82 Å². The average Bonchev–Trinajstić information content (AvgIpc) is 2.78. The van der Waals surface area contributed by atoms with Crippen LogP contribution < -0.4 is 10.6 Å². The van der Waals surface area contributed by atoms with E-state index in [1.807, 2.05) is 20.0 Å². The van der Waals surface area contributed by atoms with Crippen LogP contribution in [0.1, 0.15) is 37.1 Å². The summed E-state index contributed by atoms with van der Waals surface area (Å²) in [6.45, 7) is 5.91. The summed E-state index contributed by atoms with van der Waals surface area (Å²) in [6, 6.07) is 0.606. The van der Waals surface area contributed by atoms with Crippen LogP contribution in [-0.2, 0) is 0 Å². The van der Waals surface area contributed by atoms with Gasteiger partial charge in [-0.2, -0.15) is 0 Å². The SMILES string of the molecule is Cc1ncc(N2CCCC2CCCN)nc1C. The van der Waals surface area contributed by atoms with Crippen molar-refractivity contribution < 1.29 is 0 Å². The van der Waals surface area contributed by atoms with Gasteiger partial charge in [0.2, 0.25) is 0 Å². The van der Waals surface area contributed by atoms with E-state index in [0.29, 0.717) is 6.04 Å². The lowest BCUT2D eigenvalue weighted by atomic mass is 10.1. The molecule has 17 heavy (non-hydrogen) atoms. The second-order valence-electron chi connectivity index (χ2n) is 4.82. The normalized spacial score (nSPS) is 19.9. The van der Waals surface area contributed by atoms with E-state index >= 15 is 0 Å². The first kappa shape index (κ1) is 12.3. The maximum absolute atomic E-state index is 5.59. The first-order valence-corrected chi connectivity index (χ1v) is 6.49. The summed E-state index contributed by atoms with van der Waals surface area (Å²) in [4.78, 5) is 11.5. The Morgan fingerprint density at radius 1 is 1.41 bits per heavy atom. The molecule has 0 amide bonds. The van der Waals surface area contributed by atoms with E-state index in [0.717, 1.165) is 36.7 Å². The second kappa shape index (κ2) is 5.45. The number of rotatable bonds is 4. The number of hydrogen-bond donors (Lipinski definition) is 1. The molecule has 4 nitrogen and oxygen atoms in total. The molecule has 1 aromatic heterocycles. The third-order valence-electron chi connectivity index (χ3n) is 3.59. The minimum Gasteiger partial charge on any atom is -0.352 e. The molecule has 1 aliphatic rings. The zero-order valence-electron chi connectivity index (χ0n) is 10.8. The molecule has 0 aromatic carbocycles. The zero-order valence-corrected chi connectivity index (χ0v) is 10.8. The van der Waals surface area contributed by atoms with Crippen molar-refractivity contribution >= 4 is 5.82 Å². The van der Waals surface area contributed by atoms with Crippen LogP contribution in [0.25, 0.3) is 0 Å². The van der Waals surface area contributed by atoms with Crippen molar-refractivity contribution in [3.63, 3.8) is 0 Å². The fourth-order valence-electron chi connectivity index (χ4n) is 2.46. The molecular weight excluding hydrogens is 212 g/mol. The Labute approximate surface area is 103 Å². The van der Waals surface area contributed by atoms with Gasteiger partial charge in [-0.15, -0.1) is 0 Å². The lowest BCUT2D eigenvalue weighted by molar-refractivity contribution is 0.581. The van der Waals surface area contributed by atoms with E-state index in [9.17, 15) is 0 Å². The van der Waals surface area contributed by atoms with E-state index in [4.69, 9.17) is 5.73 Å².